The third-order valence-electron chi connectivity index (χ3n) is 3.99. The SMILES string of the molecule is CC(C)(COc1ncccc1C(F)(F)F)C(=O)NC1CCNCC1F. The summed E-state index contributed by atoms with van der Waals surface area (Å²) in [6.45, 7) is 3.47. The van der Waals surface area contributed by atoms with Gasteiger partial charge in [0, 0.05) is 12.7 Å². The van der Waals surface area contributed by atoms with Crippen LogP contribution in [0.15, 0.2) is 18.3 Å². The Labute approximate surface area is 143 Å². The van der Waals surface area contributed by atoms with Crippen LogP contribution in [0.3, 0.4) is 0 Å². The number of hydrogen-bond donors (Lipinski definition) is 2. The lowest BCUT2D eigenvalue weighted by Crippen LogP contribution is -2.54. The fourth-order valence-corrected chi connectivity index (χ4v) is 2.38. The van der Waals surface area contributed by atoms with Gasteiger partial charge >= 0.3 is 6.18 Å². The van der Waals surface area contributed by atoms with Crippen molar-refractivity contribution in [1.29, 1.82) is 0 Å². The number of hydrogen-bond acceptors (Lipinski definition) is 4. The number of alkyl halides is 4. The molecule has 5 nitrogen and oxygen atoms in total. The van der Waals surface area contributed by atoms with Crippen molar-refractivity contribution in [3.8, 4) is 5.88 Å². The first kappa shape index (κ1) is 19.4. The second kappa shape index (κ2) is 7.55. The van der Waals surface area contributed by atoms with Gasteiger partial charge in [0.05, 0.1) is 11.5 Å². The highest BCUT2D eigenvalue weighted by molar-refractivity contribution is 5.82. The molecular weight excluding hydrogens is 342 g/mol. The van der Waals surface area contributed by atoms with Crippen LogP contribution in [0.5, 0.6) is 5.88 Å². The third-order valence-corrected chi connectivity index (χ3v) is 3.99. The van der Waals surface area contributed by atoms with Gasteiger partial charge in [-0.25, -0.2) is 9.37 Å². The van der Waals surface area contributed by atoms with E-state index in [4.69, 9.17) is 4.74 Å². The van der Waals surface area contributed by atoms with Crippen LogP contribution >= 0.6 is 0 Å². The highest BCUT2D eigenvalue weighted by atomic mass is 19.4. The number of aromatic nitrogens is 1. The molecule has 1 aromatic heterocycles. The average Bonchev–Trinajstić information content (AvgIpc) is 2.54. The summed E-state index contributed by atoms with van der Waals surface area (Å²) in [6.07, 6.45) is -4.18. The second-order valence-corrected chi connectivity index (χ2v) is 6.62. The van der Waals surface area contributed by atoms with Crippen molar-refractivity contribution in [3.63, 3.8) is 0 Å². The molecule has 0 aliphatic carbocycles. The molecule has 9 heteroatoms. The van der Waals surface area contributed by atoms with Crippen molar-refractivity contribution in [2.24, 2.45) is 5.41 Å². The van der Waals surface area contributed by atoms with Gasteiger partial charge in [0.2, 0.25) is 11.8 Å². The normalized spacial score (nSPS) is 21.7. The Hall–Kier alpha value is -1.90. The number of nitrogens with zero attached hydrogens (tertiary/aromatic N) is 1. The molecule has 2 rings (SSSR count). The first-order valence-corrected chi connectivity index (χ1v) is 7.92. The highest BCUT2D eigenvalue weighted by Crippen LogP contribution is 2.35. The maximum Gasteiger partial charge on any atom is 0.421 e. The van der Waals surface area contributed by atoms with Crippen LogP contribution in [-0.2, 0) is 11.0 Å². The van der Waals surface area contributed by atoms with Crippen LogP contribution in [0.4, 0.5) is 17.6 Å². The molecule has 1 amide bonds. The maximum atomic E-state index is 13.8. The summed E-state index contributed by atoms with van der Waals surface area (Å²) in [4.78, 5) is 16.0. The Morgan fingerprint density at radius 2 is 2.16 bits per heavy atom. The van der Waals surface area contributed by atoms with E-state index in [2.05, 4.69) is 15.6 Å². The number of nitrogens with one attached hydrogen (secondary N) is 2. The highest BCUT2D eigenvalue weighted by Gasteiger charge is 2.37. The smallest absolute Gasteiger partial charge is 0.421 e. The van der Waals surface area contributed by atoms with Crippen molar-refractivity contribution >= 4 is 5.91 Å². The zero-order valence-corrected chi connectivity index (χ0v) is 14.0. The van der Waals surface area contributed by atoms with Gasteiger partial charge in [0.1, 0.15) is 18.3 Å². The van der Waals surface area contributed by atoms with Crippen molar-refractivity contribution in [2.45, 2.75) is 38.7 Å². The first-order chi connectivity index (χ1) is 11.6. The van der Waals surface area contributed by atoms with E-state index < -0.39 is 41.2 Å². The Morgan fingerprint density at radius 1 is 1.44 bits per heavy atom. The van der Waals surface area contributed by atoms with Crippen LogP contribution in [0.25, 0.3) is 0 Å². The van der Waals surface area contributed by atoms with Crippen molar-refractivity contribution in [1.82, 2.24) is 15.6 Å². The summed E-state index contributed by atoms with van der Waals surface area (Å²) >= 11 is 0. The minimum atomic E-state index is -4.60. The number of rotatable bonds is 5. The van der Waals surface area contributed by atoms with Gasteiger partial charge in [-0.1, -0.05) is 0 Å². The van der Waals surface area contributed by atoms with E-state index in [-0.39, 0.29) is 13.2 Å². The van der Waals surface area contributed by atoms with Gasteiger partial charge in [-0.05, 0) is 38.9 Å². The average molecular weight is 363 g/mol. The molecule has 2 atom stereocenters. The van der Waals surface area contributed by atoms with Crippen molar-refractivity contribution < 1.29 is 27.1 Å². The number of halogens is 4. The molecule has 2 N–H and O–H groups in total. The predicted molar refractivity (Wildman–Crippen MR) is 82.8 cm³/mol. The van der Waals surface area contributed by atoms with E-state index >= 15 is 0 Å². The Morgan fingerprint density at radius 3 is 2.80 bits per heavy atom. The van der Waals surface area contributed by atoms with Crippen LogP contribution in [0, 0.1) is 5.41 Å². The van der Waals surface area contributed by atoms with Gasteiger partial charge in [-0.3, -0.25) is 4.79 Å². The molecule has 0 bridgehead atoms. The minimum absolute atomic E-state index is 0.157. The summed E-state index contributed by atoms with van der Waals surface area (Å²) in [5, 5.41) is 5.49. The van der Waals surface area contributed by atoms with Crippen LogP contribution in [0.2, 0.25) is 0 Å². The molecule has 2 unspecified atom stereocenters. The molecule has 0 saturated carbocycles. The van der Waals surface area contributed by atoms with Crippen LogP contribution in [0.1, 0.15) is 25.8 Å². The molecule has 0 spiro atoms. The standard InChI is InChI=1S/C16H21F4N3O2/c1-15(2,14(24)23-12-5-7-21-8-11(12)17)9-25-13-10(16(18,19)20)4-3-6-22-13/h3-4,6,11-12,21H,5,7-9H2,1-2H3,(H,23,24). The molecular formula is C16H21F4N3O2. The summed E-state index contributed by atoms with van der Waals surface area (Å²) in [6, 6.07) is 1.40. The zero-order valence-electron chi connectivity index (χ0n) is 14.0. The van der Waals surface area contributed by atoms with Crippen LogP contribution in [-0.4, -0.2) is 42.8 Å². The molecule has 1 aromatic rings. The Kier molecular flexibility index (Phi) is 5.87. The summed E-state index contributed by atoms with van der Waals surface area (Å²) in [5.41, 5.74) is -2.15. The molecule has 0 aromatic carbocycles. The molecule has 25 heavy (non-hydrogen) atoms. The maximum absolute atomic E-state index is 13.8. The first-order valence-electron chi connectivity index (χ1n) is 7.92. The fraction of sp³-hybridized carbons (Fsp3) is 0.625. The van der Waals surface area contributed by atoms with Gasteiger partial charge in [0.25, 0.3) is 0 Å². The van der Waals surface area contributed by atoms with E-state index in [0.717, 1.165) is 12.1 Å². The lowest BCUT2D eigenvalue weighted by molar-refractivity contribution is -0.139. The van der Waals surface area contributed by atoms with Crippen molar-refractivity contribution in [2.75, 3.05) is 19.7 Å². The number of ether oxygens (including phenoxy) is 1. The number of piperidine rings is 1. The lowest BCUT2D eigenvalue weighted by Gasteiger charge is -2.31. The van der Waals surface area contributed by atoms with E-state index in [1.54, 1.807) is 0 Å². The minimum Gasteiger partial charge on any atom is -0.476 e. The molecule has 140 valence electrons. The molecule has 0 radical (unpaired) electrons. The van der Waals surface area contributed by atoms with E-state index in [1.807, 2.05) is 0 Å². The Bertz CT molecular complexity index is 607. The molecule has 1 aliphatic rings. The van der Waals surface area contributed by atoms with Gasteiger partial charge < -0.3 is 15.4 Å². The molecule has 1 fully saturated rings. The van der Waals surface area contributed by atoms with Crippen LogP contribution < -0.4 is 15.4 Å². The largest absolute Gasteiger partial charge is 0.476 e. The van der Waals surface area contributed by atoms with Gasteiger partial charge in [-0.15, -0.1) is 0 Å². The number of amides is 1. The summed E-state index contributed by atoms with van der Waals surface area (Å²) < 4.78 is 57.8. The van der Waals surface area contributed by atoms with E-state index in [0.29, 0.717) is 13.0 Å². The zero-order chi connectivity index (χ0) is 18.7. The third kappa shape index (κ3) is 5.04. The van der Waals surface area contributed by atoms with Crippen molar-refractivity contribution in [3.05, 3.63) is 23.9 Å². The molecule has 1 aliphatic heterocycles. The monoisotopic (exact) mass is 363 g/mol. The molecule has 1 saturated heterocycles. The fourth-order valence-electron chi connectivity index (χ4n) is 2.38. The van der Waals surface area contributed by atoms with Gasteiger partial charge in [-0.2, -0.15) is 13.2 Å². The number of pyridine rings is 1. The Balaban J connectivity index is 2.00. The van der Waals surface area contributed by atoms with E-state index in [1.165, 1.54) is 20.0 Å². The summed E-state index contributed by atoms with van der Waals surface area (Å²) in [7, 11) is 0. The second-order valence-electron chi connectivity index (χ2n) is 6.62. The quantitative estimate of drug-likeness (QED) is 0.789. The topological polar surface area (TPSA) is 63.2 Å². The van der Waals surface area contributed by atoms with E-state index in [9.17, 15) is 22.4 Å². The van der Waals surface area contributed by atoms with Gasteiger partial charge in [0.15, 0.2) is 0 Å². The summed E-state index contributed by atoms with van der Waals surface area (Å²) in [5.74, 6) is -1.06. The lowest BCUT2D eigenvalue weighted by atomic mass is 9.92. The predicted octanol–water partition coefficient (Wildman–Crippen LogP) is 2.32. The number of carbonyl (C=O) groups excluding carboxylic acids is 1. The molecule has 2 heterocycles. The number of carbonyl (C=O) groups is 1.